The molecule has 4 rings (SSSR count). The van der Waals surface area contributed by atoms with Crippen molar-refractivity contribution in [2.45, 2.75) is 13.8 Å². The van der Waals surface area contributed by atoms with Gasteiger partial charge in [-0.1, -0.05) is 29.8 Å². The van der Waals surface area contributed by atoms with Crippen molar-refractivity contribution in [1.29, 1.82) is 0 Å². The highest BCUT2D eigenvalue weighted by atomic mass is 35.5. The summed E-state index contributed by atoms with van der Waals surface area (Å²) in [5, 5.41) is 9.67. The topological polar surface area (TPSA) is 99.5 Å². The number of nitrogens with one attached hydrogen (secondary N) is 1. The Bertz CT molecular complexity index is 1450. The minimum atomic E-state index is -0.679. The van der Waals surface area contributed by atoms with Crippen LogP contribution in [0.4, 0.5) is 5.00 Å². The standard InChI is InChI=1S/C24H20ClN3O5S/c1-3-32-24(31)21-18-13-34-22(26-19(29)12-33-17-9-4-6-14(2)10-17)20(18)23(30)28(27-21)16-8-5-7-15(25)11-16/h4-11,13H,3,12H2,1-2H3,(H,26,29). The summed E-state index contributed by atoms with van der Waals surface area (Å²) in [5.41, 5.74) is 0.824. The molecular formula is C24H20ClN3O5S. The highest BCUT2D eigenvalue weighted by molar-refractivity contribution is 7.16. The van der Waals surface area contributed by atoms with Crippen LogP contribution in [0.2, 0.25) is 5.02 Å². The van der Waals surface area contributed by atoms with Crippen LogP contribution in [0.25, 0.3) is 16.5 Å². The van der Waals surface area contributed by atoms with Gasteiger partial charge in [-0.05, 0) is 49.7 Å². The molecule has 0 fully saturated rings. The van der Waals surface area contributed by atoms with Gasteiger partial charge in [0.1, 0.15) is 10.8 Å². The van der Waals surface area contributed by atoms with E-state index in [-0.39, 0.29) is 29.3 Å². The maximum atomic E-state index is 13.4. The monoisotopic (exact) mass is 497 g/mol. The number of carbonyl (C=O) groups is 2. The molecule has 2 aromatic heterocycles. The maximum Gasteiger partial charge on any atom is 0.359 e. The SMILES string of the molecule is CCOC(=O)c1nn(-c2cccc(Cl)c2)c(=O)c2c(NC(=O)COc3cccc(C)c3)scc12. The predicted octanol–water partition coefficient (Wildman–Crippen LogP) is 4.60. The lowest BCUT2D eigenvalue weighted by atomic mass is 10.2. The number of anilines is 1. The van der Waals surface area contributed by atoms with Crippen molar-refractivity contribution in [2.24, 2.45) is 0 Å². The van der Waals surface area contributed by atoms with E-state index < -0.39 is 17.4 Å². The van der Waals surface area contributed by atoms with E-state index in [4.69, 9.17) is 21.1 Å². The van der Waals surface area contributed by atoms with Crippen LogP contribution in [0.15, 0.2) is 58.7 Å². The Labute approximate surface area is 203 Å². The third-order valence-corrected chi connectivity index (χ3v) is 5.92. The van der Waals surface area contributed by atoms with E-state index in [1.807, 2.05) is 25.1 Å². The van der Waals surface area contributed by atoms with Crippen LogP contribution in [0.1, 0.15) is 23.0 Å². The molecule has 0 bridgehead atoms. The normalized spacial score (nSPS) is 10.8. The molecule has 10 heteroatoms. The largest absolute Gasteiger partial charge is 0.484 e. The number of hydrogen-bond donors (Lipinski definition) is 1. The minimum Gasteiger partial charge on any atom is -0.484 e. The second-order valence-electron chi connectivity index (χ2n) is 7.27. The summed E-state index contributed by atoms with van der Waals surface area (Å²) in [7, 11) is 0. The zero-order valence-electron chi connectivity index (χ0n) is 18.3. The number of amides is 1. The Hall–Kier alpha value is -3.69. The second-order valence-corrected chi connectivity index (χ2v) is 8.59. The van der Waals surface area contributed by atoms with E-state index in [0.29, 0.717) is 21.8 Å². The van der Waals surface area contributed by atoms with Crippen LogP contribution >= 0.6 is 22.9 Å². The van der Waals surface area contributed by atoms with Crippen LogP contribution in [0.5, 0.6) is 5.75 Å². The minimum absolute atomic E-state index is 0.0378. The first-order chi connectivity index (χ1) is 16.4. The molecule has 0 saturated carbocycles. The molecule has 0 radical (unpaired) electrons. The number of rotatable bonds is 7. The average molecular weight is 498 g/mol. The highest BCUT2D eigenvalue weighted by Gasteiger charge is 2.23. The van der Waals surface area contributed by atoms with Gasteiger partial charge in [0, 0.05) is 15.8 Å². The first kappa shape index (κ1) is 23.5. The zero-order valence-corrected chi connectivity index (χ0v) is 19.9. The van der Waals surface area contributed by atoms with Crippen molar-refractivity contribution in [3.05, 3.63) is 80.5 Å². The van der Waals surface area contributed by atoms with Crippen molar-refractivity contribution in [3.8, 4) is 11.4 Å². The summed E-state index contributed by atoms with van der Waals surface area (Å²) in [6, 6.07) is 13.8. The highest BCUT2D eigenvalue weighted by Crippen LogP contribution is 2.31. The van der Waals surface area contributed by atoms with Gasteiger partial charge < -0.3 is 14.8 Å². The number of fused-ring (bicyclic) bond motifs is 1. The van der Waals surface area contributed by atoms with Crippen LogP contribution in [0.3, 0.4) is 0 Å². The number of ether oxygens (including phenoxy) is 2. The van der Waals surface area contributed by atoms with Crippen molar-refractivity contribution in [2.75, 3.05) is 18.5 Å². The lowest BCUT2D eigenvalue weighted by Crippen LogP contribution is -2.26. The van der Waals surface area contributed by atoms with Gasteiger partial charge in [0.15, 0.2) is 12.3 Å². The summed E-state index contributed by atoms with van der Waals surface area (Å²) in [6.07, 6.45) is 0. The van der Waals surface area contributed by atoms with Crippen molar-refractivity contribution >= 4 is 50.6 Å². The fourth-order valence-electron chi connectivity index (χ4n) is 3.29. The molecule has 34 heavy (non-hydrogen) atoms. The molecular weight excluding hydrogens is 478 g/mol. The number of aryl methyl sites for hydroxylation is 1. The molecule has 0 atom stereocenters. The molecule has 0 aliphatic rings. The molecule has 2 aromatic carbocycles. The van der Waals surface area contributed by atoms with Crippen LogP contribution in [-0.2, 0) is 9.53 Å². The van der Waals surface area contributed by atoms with Gasteiger partial charge in [0.25, 0.3) is 11.5 Å². The molecule has 0 unspecified atom stereocenters. The molecule has 4 aromatic rings. The second kappa shape index (κ2) is 10.1. The fourth-order valence-corrected chi connectivity index (χ4v) is 4.43. The molecule has 0 aliphatic carbocycles. The molecule has 174 valence electrons. The van der Waals surface area contributed by atoms with Gasteiger partial charge in [0.2, 0.25) is 0 Å². The lowest BCUT2D eigenvalue weighted by Gasteiger charge is -2.10. The Kier molecular flexibility index (Phi) is 6.95. The molecule has 2 heterocycles. The average Bonchev–Trinajstić information content (AvgIpc) is 3.22. The van der Waals surface area contributed by atoms with E-state index in [1.54, 1.807) is 42.6 Å². The van der Waals surface area contributed by atoms with E-state index >= 15 is 0 Å². The quantitative estimate of drug-likeness (QED) is 0.374. The van der Waals surface area contributed by atoms with Crippen molar-refractivity contribution in [3.63, 3.8) is 0 Å². The van der Waals surface area contributed by atoms with Crippen LogP contribution < -0.4 is 15.6 Å². The van der Waals surface area contributed by atoms with Gasteiger partial charge in [-0.15, -0.1) is 11.3 Å². The van der Waals surface area contributed by atoms with Crippen molar-refractivity contribution in [1.82, 2.24) is 9.78 Å². The molecule has 0 aliphatic heterocycles. The van der Waals surface area contributed by atoms with E-state index in [1.165, 1.54) is 0 Å². The first-order valence-corrected chi connectivity index (χ1v) is 11.6. The molecule has 0 spiro atoms. The number of benzene rings is 2. The summed E-state index contributed by atoms with van der Waals surface area (Å²) in [6.45, 7) is 3.49. The smallest absolute Gasteiger partial charge is 0.359 e. The zero-order chi connectivity index (χ0) is 24.2. The van der Waals surface area contributed by atoms with Gasteiger partial charge in [-0.2, -0.15) is 9.78 Å². The molecule has 0 saturated heterocycles. The van der Waals surface area contributed by atoms with Gasteiger partial charge >= 0.3 is 5.97 Å². The third-order valence-electron chi connectivity index (χ3n) is 4.79. The number of thiophene rings is 1. The first-order valence-electron chi connectivity index (χ1n) is 10.3. The Balaban J connectivity index is 1.72. The number of halogens is 1. The number of nitrogens with zero attached hydrogens (tertiary/aromatic N) is 2. The van der Waals surface area contributed by atoms with Gasteiger partial charge in [-0.25, -0.2) is 4.79 Å². The van der Waals surface area contributed by atoms with E-state index in [9.17, 15) is 14.4 Å². The third kappa shape index (κ3) is 4.95. The van der Waals surface area contributed by atoms with Crippen LogP contribution in [-0.4, -0.2) is 34.9 Å². The molecule has 8 nitrogen and oxygen atoms in total. The number of carbonyl (C=O) groups excluding carboxylic acids is 2. The van der Waals surface area contributed by atoms with E-state index in [2.05, 4.69) is 10.4 Å². The molecule has 1 amide bonds. The molecule has 1 N–H and O–H groups in total. The lowest BCUT2D eigenvalue weighted by molar-refractivity contribution is -0.118. The number of esters is 1. The van der Waals surface area contributed by atoms with Crippen LogP contribution in [0, 0.1) is 6.92 Å². The predicted molar refractivity (Wildman–Crippen MR) is 131 cm³/mol. The Morgan fingerprint density at radius 1 is 1.18 bits per heavy atom. The van der Waals surface area contributed by atoms with Crippen molar-refractivity contribution < 1.29 is 19.1 Å². The summed E-state index contributed by atoms with van der Waals surface area (Å²) >= 11 is 7.20. The van der Waals surface area contributed by atoms with Gasteiger partial charge in [-0.3, -0.25) is 9.59 Å². The Morgan fingerprint density at radius 2 is 1.97 bits per heavy atom. The Morgan fingerprint density at radius 3 is 2.71 bits per heavy atom. The van der Waals surface area contributed by atoms with E-state index in [0.717, 1.165) is 21.6 Å². The summed E-state index contributed by atoms with van der Waals surface area (Å²) in [4.78, 5) is 38.6. The fraction of sp³-hybridized carbons (Fsp3) is 0.167. The maximum absolute atomic E-state index is 13.4. The number of hydrogen-bond acceptors (Lipinski definition) is 7. The summed E-state index contributed by atoms with van der Waals surface area (Å²) < 4.78 is 11.8. The summed E-state index contributed by atoms with van der Waals surface area (Å²) in [5.74, 6) is -0.571. The number of aromatic nitrogens is 2. The van der Waals surface area contributed by atoms with Gasteiger partial charge in [0.05, 0.1) is 17.7 Å².